The van der Waals surface area contributed by atoms with Crippen molar-refractivity contribution < 1.29 is 0 Å². The highest BCUT2D eigenvalue weighted by atomic mass is 14.8. The summed E-state index contributed by atoms with van der Waals surface area (Å²) in [4.78, 5) is 25.7. The lowest BCUT2D eigenvalue weighted by molar-refractivity contribution is 1.21. The van der Waals surface area contributed by atoms with E-state index >= 15 is 0 Å². The van der Waals surface area contributed by atoms with Crippen LogP contribution in [0.1, 0.15) is 11.4 Å². The van der Waals surface area contributed by atoms with E-state index in [1.807, 2.05) is 73.4 Å². The predicted octanol–water partition coefficient (Wildman–Crippen LogP) is 4.14. The molecule has 0 radical (unpaired) electrons. The fourth-order valence-corrected chi connectivity index (χ4v) is 4.54. The van der Waals surface area contributed by atoms with Crippen LogP contribution in [0.3, 0.4) is 0 Å². The third-order valence-corrected chi connectivity index (χ3v) is 6.04. The number of rotatable bonds is 0. The minimum atomic E-state index is 0.869. The topological polar surface area (TPSA) is 82.1 Å². The van der Waals surface area contributed by atoms with Gasteiger partial charge in [-0.3, -0.25) is 9.98 Å². The molecule has 160 valence electrons. The number of nitrogens with zero attached hydrogens (tertiary/aromatic N) is 4. The summed E-state index contributed by atoms with van der Waals surface area (Å²) >= 11 is 0. The fourth-order valence-electron chi connectivity index (χ4n) is 4.54. The maximum atomic E-state index is 4.94. The monoisotopic (exact) mass is 438 g/mol. The molecular formula is C28H18N6. The first-order valence-electron chi connectivity index (χ1n) is 11.0. The molecule has 0 atom stereocenters. The summed E-state index contributed by atoms with van der Waals surface area (Å²) in [5.41, 5.74) is 9.64. The number of aromatic nitrogens is 4. The number of hydrogen-bond donors (Lipinski definition) is 2. The summed E-state index contributed by atoms with van der Waals surface area (Å²) in [6, 6.07) is 24.6. The van der Waals surface area contributed by atoms with Crippen LogP contribution < -0.4 is 10.7 Å². The van der Waals surface area contributed by atoms with Gasteiger partial charge in [0, 0.05) is 22.3 Å². The van der Waals surface area contributed by atoms with Crippen molar-refractivity contribution in [3.8, 4) is 45.0 Å². The molecule has 4 aliphatic rings. The van der Waals surface area contributed by atoms with Crippen molar-refractivity contribution in [1.29, 1.82) is 0 Å². The van der Waals surface area contributed by atoms with E-state index < -0.39 is 0 Å². The van der Waals surface area contributed by atoms with Crippen LogP contribution in [0.4, 0.5) is 0 Å². The molecular weight excluding hydrogens is 420 g/mol. The average Bonchev–Trinajstić information content (AvgIpc) is 3.37. The summed E-state index contributed by atoms with van der Waals surface area (Å²) < 4.78 is 0. The average molecular weight is 438 g/mol. The number of hydrogen-bond acceptors (Lipinski definition) is 4. The zero-order valence-electron chi connectivity index (χ0n) is 18.0. The first-order valence-corrected chi connectivity index (χ1v) is 11.0. The van der Waals surface area contributed by atoms with E-state index in [0.717, 1.165) is 67.1 Å². The van der Waals surface area contributed by atoms with Crippen LogP contribution in [-0.2, 0) is 0 Å². The van der Waals surface area contributed by atoms with Gasteiger partial charge in [-0.15, -0.1) is 0 Å². The van der Waals surface area contributed by atoms with Gasteiger partial charge in [0.25, 0.3) is 0 Å². The second-order valence-corrected chi connectivity index (χ2v) is 8.32. The first-order chi connectivity index (χ1) is 16.8. The fraction of sp³-hybridized carbons (Fsp3) is 0. The Balaban J connectivity index is 1.62. The van der Waals surface area contributed by atoms with Crippen molar-refractivity contribution in [2.45, 2.75) is 0 Å². The van der Waals surface area contributed by atoms with Crippen LogP contribution >= 0.6 is 0 Å². The number of aliphatic imine (C=N–C) groups is 2. The third-order valence-electron chi connectivity index (χ3n) is 6.04. The van der Waals surface area contributed by atoms with Crippen LogP contribution in [0, 0.1) is 0 Å². The summed E-state index contributed by atoms with van der Waals surface area (Å²) in [5, 5.41) is 1.74. The summed E-state index contributed by atoms with van der Waals surface area (Å²) in [5.74, 6) is 0. The normalized spacial score (nSPS) is 12.9. The van der Waals surface area contributed by atoms with Crippen molar-refractivity contribution in [2.24, 2.45) is 9.98 Å². The van der Waals surface area contributed by atoms with Gasteiger partial charge in [0.05, 0.1) is 69.7 Å². The highest BCUT2D eigenvalue weighted by Crippen LogP contribution is 2.35. The molecule has 1 aromatic heterocycles. The number of aromatic amines is 2. The zero-order chi connectivity index (χ0) is 22.5. The van der Waals surface area contributed by atoms with Crippen molar-refractivity contribution in [2.75, 3.05) is 0 Å². The van der Waals surface area contributed by atoms with Crippen LogP contribution in [0.2, 0.25) is 0 Å². The standard InChI is InChI=1S/C28H18N6/c1-2-6-22-21(5-1)25-9-17-13-29-15-19(31-17)11-27-23-7-3-4-8-24(23)28(34-27)12-20-16-30-14-18(32-20)10-26(22)33-25/h1-16,31-32H. The van der Waals surface area contributed by atoms with E-state index in [4.69, 9.17) is 9.97 Å². The van der Waals surface area contributed by atoms with Gasteiger partial charge in [0.2, 0.25) is 0 Å². The Labute approximate surface area is 194 Å². The molecule has 0 spiro atoms. The Morgan fingerprint density at radius 2 is 0.853 bits per heavy atom. The molecule has 2 N–H and O–H groups in total. The molecule has 0 unspecified atom stereocenters. The first kappa shape index (κ1) is 18.7. The minimum Gasteiger partial charge on any atom is -0.353 e. The zero-order valence-corrected chi connectivity index (χ0v) is 18.0. The lowest BCUT2D eigenvalue weighted by Gasteiger charge is -2.01. The van der Waals surface area contributed by atoms with Crippen LogP contribution in [0.5, 0.6) is 0 Å². The molecule has 34 heavy (non-hydrogen) atoms. The Kier molecular flexibility index (Phi) is 4.04. The van der Waals surface area contributed by atoms with E-state index in [9.17, 15) is 0 Å². The van der Waals surface area contributed by atoms with E-state index in [-0.39, 0.29) is 0 Å². The van der Waals surface area contributed by atoms with Crippen molar-refractivity contribution in [3.05, 3.63) is 94.9 Å². The molecule has 8 bridgehead atoms. The summed E-state index contributed by atoms with van der Waals surface area (Å²) in [7, 11) is 0. The molecule has 6 nitrogen and oxygen atoms in total. The predicted molar refractivity (Wildman–Crippen MR) is 136 cm³/mol. The second-order valence-electron chi connectivity index (χ2n) is 8.32. The molecule has 0 aliphatic carbocycles. The smallest absolute Gasteiger partial charge is 0.0737 e. The molecule has 0 saturated heterocycles. The third kappa shape index (κ3) is 3.12. The highest BCUT2D eigenvalue weighted by molar-refractivity contribution is 5.89. The van der Waals surface area contributed by atoms with Gasteiger partial charge < -0.3 is 9.97 Å². The van der Waals surface area contributed by atoms with Crippen LogP contribution in [0.15, 0.2) is 82.8 Å². The van der Waals surface area contributed by atoms with Crippen molar-refractivity contribution >= 4 is 24.8 Å². The van der Waals surface area contributed by atoms with E-state index in [1.165, 1.54) is 0 Å². The molecule has 3 aromatic rings. The van der Waals surface area contributed by atoms with E-state index in [0.29, 0.717) is 0 Å². The van der Waals surface area contributed by atoms with Gasteiger partial charge in [-0.1, -0.05) is 48.5 Å². The maximum absolute atomic E-state index is 4.94. The number of nitrogens with one attached hydrogen (secondary N) is 2. The lowest BCUT2D eigenvalue weighted by Crippen LogP contribution is -2.09. The molecule has 0 saturated carbocycles. The van der Waals surface area contributed by atoms with Crippen molar-refractivity contribution in [1.82, 2.24) is 19.9 Å². The number of H-pyrrole nitrogens is 2. The molecule has 4 aliphatic heterocycles. The molecule has 7 rings (SSSR count). The van der Waals surface area contributed by atoms with E-state index in [2.05, 4.69) is 44.2 Å². The van der Waals surface area contributed by atoms with Gasteiger partial charge in [-0.05, 0) is 24.3 Å². The molecule has 0 fully saturated rings. The number of fused-ring (bicyclic) bond motifs is 14. The number of benzene rings is 2. The maximum Gasteiger partial charge on any atom is 0.0737 e. The second kappa shape index (κ2) is 7.35. The van der Waals surface area contributed by atoms with E-state index in [1.54, 1.807) is 0 Å². The Morgan fingerprint density at radius 3 is 1.26 bits per heavy atom. The quantitative estimate of drug-likeness (QED) is 0.381. The van der Waals surface area contributed by atoms with Crippen LogP contribution in [-0.4, -0.2) is 32.4 Å². The largest absolute Gasteiger partial charge is 0.353 e. The lowest BCUT2D eigenvalue weighted by atomic mass is 10.0. The summed E-state index contributed by atoms with van der Waals surface area (Å²) in [6.07, 6.45) is 7.24. The Hall–Kier alpha value is -4.84. The van der Waals surface area contributed by atoms with Crippen molar-refractivity contribution in [3.63, 3.8) is 0 Å². The Bertz CT molecular complexity index is 1640. The minimum absolute atomic E-state index is 0.869. The molecule has 5 heterocycles. The Morgan fingerprint density at radius 1 is 0.471 bits per heavy atom. The van der Waals surface area contributed by atoms with Gasteiger partial charge in [-0.2, -0.15) is 0 Å². The van der Waals surface area contributed by atoms with Gasteiger partial charge in [-0.25, -0.2) is 9.97 Å². The SMILES string of the molecule is C1=NC=c2cc3nc(cc4[nH]c(cc5nc(cc1[nH]2)-c1ccccc1-5)=CN=C4)-c1ccccc1-3. The van der Waals surface area contributed by atoms with Gasteiger partial charge >= 0.3 is 0 Å². The van der Waals surface area contributed by atoms with Gasteiger partial charge in [0.15, 0.2) is 0 Å². The molecule has 0 amide bonds. The highest BCUT2D eigenvalue weighted by Gasteiger charge is 2.17. The molecule has 6 heteroatoms. The van der Waals surface area contributed by atoms with Gasteiger partial charge in [0.1, 0.15) is 0 Å². The summed E-state index contributed by atoms with van der Waals surface area (Å²) in [6.45, 7) is 0. The molecule has 2 aromatic carbocycles. The van der Waals surface area contributed by atoms with Crippen LogP contribution in [0.25, 0.3) is 57.4 Å².